The highest BCUT2D eigenvalue weighted by molar-refractivity contribution is 7.89. The summed E-state index contributed by atoms with van der Waals surface area (Å²) in [5.41, 5.74) is 1.55. The zero-order chi connectivity index (χ0) is 24.6. The van der Waals surface area contributed by atoms with E-state index in [1.807, 2.05) is 49.4 Å². The van der Waals surface area contributed by atoms with Crippen LogP contribution in [0.15, 0.2) is 76.6 Å². The maximum absolute atomic E-state index is 13.4. The van der Waals surface area contributed by atoms with Crippen LogP contribution in [-0.4, -0.2) is 63.4 Å². The van der Waals surface area contributed by atoms with Crippen molar-refractivity contribution in [3.05, 3.63) is 72.3 Å². The van der Waals surface area contributed by atoms with E-state index in [2.05, 4.69) is 4.90 Å². The summed E-state index contributed by atoms with van der Waals surface area (Å²) in [6.07, 6.45) is 0. The molecule has 1 saturated heterocycles. The van der Waals surface area contributed by atoms with E-state index in [9.17, 15) is 8.42 Å². The second kappa shape index (κ2) is 9.24. The Morgan fingerprint density at radius 3 is 2.46 bits per heavy atom. The lowest BCUT2D eigenvalue weighted by Gasteiger charge is -2.40. The lowest BCUT2D eigenvalue weighted by Crippen LogP contribution is -2.55. The molecule has 1 atom stereocenters. The van der Waals surface area contributed by atoms with E-state index in [1.165, 1.54) is 7.11 Å². The standard InChI is InChI=1S/C26H27N3O5S/c1-18-17-28(13-14-29(18)35(30,31)21-8-6-7-19(15-21)32-2)26-22-12-11-20(33-3)16-25(22)34-24-10-5-4-9-23(24)27-26/h4-12,15-16,18H,13-14,17H2,1-3H3/t18-/m1/s1. The lowest BCUT2D eigenvalue weighted by atomic mass is 10.1. The fraction of sp³-hybridized carbons (Fsp3) is 0.269. The molecule has 0 saturated carbocycles. The largest absolute Gasteiger partial charge is 0.497 e. The fourth-order valence-electron chi connectivity index (χ4n) is 4.46. The van der Waals surface area contributed by atoms with Gasteiger partial charge in [0, 0.05) is 37.8 Å². The minimum Gasteiger partial charge on any atom is -0.497 e. The molecule has 2 heterocycles. The fourth-order valence-corrected chi connectivity index (χ4v) is 6.10. The van der Waals surface area contributed by atoms with Crippen molar-refractivity contribution in [1.82, 2.24) is 9.21 Å². The first-order valence-corrected chi connectivity index (χ1v) is 12.8. The number of benzene rings is 3. The third-order valence-corrected chi connectivity index (χ3v) is 8.26. The number of aliphatic imine (C=N–C) groups is 1. The van der Waals surface area contributed by atoms with Crippen LogP contribution in [0, 0.1) is 0 Å². The van der Waals surface area contributed by atoms with Crippen molar-refractivity contribution in [2.75, 3.05) is 33.9 Å². The first-order chi connectivity index (χ1) is 16.9. The van der Waals surface area contributed by atoms with Gasteiger partial charge in [0.05, 0.1) is 24.7 Å². The average molecular weight is 494 g/mol. The topological polar surface area (TPSA) is 80.7 Å². The summed E-state index contributed by atoms with van der Waals surface area (Å²) in [7, 11) is -0.538. The number of hydrogen-bond donors (Lipinski definition) is 0. The summed E-state index contributed by atoms with van der Waals surface area (Å²) >= 11 is 0. The minimum atomic E-state index is -3.68. The maximum atomic E-state index is 13.4. The minimum absolute atomic E-state index is 0.226. The molecule has 0 aliphatic carbocycles. The molecule has 35 heavy (non-hydrogen) atoms. The summed E-state index contributed by atoms with van der Waals surface area (Å²) in [4.78, 5) is 7.30. The van der Waals surface area contributed by atoms with Crippen LogP contribution in [0.3, 0.4) is 0 Å². The highest BCUT2D eigenvalue weighted by atomic mass is 32.2. The van der Waals surface area contributed by atoms with Crippen LogP contribution in [0.5, 0.6) is 23.0 Å². The molecule has 8 nitrogen and oxygen atoms in total. The Morgan fingerprint density at radius 2 is 1.69 bits per heavy atom. The van der Waals surface area contributed by atoms with Gasteiger partial charge in [-0.2, -0.15) is 4.31 Å². The molecule has 3 aromatic carbocycles. The van der Waals surface area contributed by atoms with E-state index in [1.54, 1.807) is 35.7 Å². The third-order valence-electron chi connectivity index (χ3n) is 6.26. The number of ether oxygens (including phenoxy) is 3. The van der Waals surface area contributed by atoms with Gasteiger partial charge < -0.3 is 19.1 Å². The summed E-state index contributed by atoms with van der Waals surface area (Å²) in [6.45, 7) is 3.21. The molecule has 2 aliphatic rings. The van der Waals surface area contributed by atoms with Crippen molar-refractivity contribution in [3.8, 4) is 23.0 Å². The van der Waals surface area contributed by atoms with Gasteiger partial charge in [-0.1, -0.05) is 18.2 Å². The number of sulfonamides is 1. The Kier molecular flexibility index (Phi) is 6.12. The molecule has 182 valence electrons. The van der Waals surface area contributed by atoms with Crippen molar-refractivity contribution in [1.29, 1.82) is 0 Å². The molecular formula is C26H27N3O5S. The first kappa shape index (κ1) is 23.2. The SMILES string of the molecule is COc1cccc(S(=O)(=O)N2CCN(C3=Nc4ccccc4Oc4cc(OC)ccc43)C[C@H]2C)c1. The van der Waals surface area contributed by atoms with Gasteiger partial charge in [0.25, 0.3) is 0 Å². The number of fused-ring (bicyclic) bond motifs is 2. The molecule has 0 unspecified atom stereocenters. The normalized spacial score (nSPS) is 18.0. The second-order valence-electron chi connectivity index (χ2n) is 8.46. The number of hydrogen-bond acceptors (Lipinski definition) is 7. The van der Waals surface area contributed by atoms with Crippen LogP contribution in [0.1, 0.15) is 12.5 Å². The van der Waals surface area contributed by atoms with Crippen molar-refractivity contribution in [2.45, 2.75) is 17.9 Å². The van der Waals surface area contributed by atoms with E-state index in [-0.39, 0.29) is 10.9 Å². The summed E-state index contributed by atoms with van der Waals surface area (Å²) < 4.78 is 45.2. The van der Waals surface area contributed by atoms with E-state index < -0.39 is 10.0 Å². The van der Waals surface area contributed by atoms with Crippen molar-refractivity contribution in [3.63, 3.8) is 0 Å². The van der Waals surface area contributed by atoms with E-state index in [0.717, 1.165) is 17.1 Å². The number of para-hydroxylation sites is 2. The molecule has 1 fully saturated rings. The molecule has 0 amide bonds. The maximum Gasteiger partial charge on any atom is 0.243 e. The number of nitrogens with zero attached hydrogens (tertiary/aromatic N) is 3. The van der Waals surface area contributed by atoms with Crippen LogP contribution < -0.4 is 14.2 Å². The van der Waals surface area contributed by atoms with E-state index >= 15 is 0 Å². The van der Waals surface area contributed by atoms with Crippen LogP contribution >= 0.6 is 0 Å². The predicted octanol–water partition coefficient (Wildman–Crippen LogP) is 4.28. The van der Waals surface area contributed by atoms with Gasteiger partial charge in [0.2, 0.25) is 10.0 Å². The van der Waals surface area contributed by atoms with Crippen LogP contribution in [-0.2, 0) is 10.0 Å². The molecule has 2 aliphatic heterocycles. The zero-order valence-electron chi connectivity index (χ0n) is 19.8. The number of amidine groups is 1. The molecular weight excluding hydrogens is 466 g/mol. The molecule has 3 aromatic rings. The molecule has 0 N–H and O–H groups in total. The number of methoxy groups -OCH3 is 2. The Labute approximate surface area is 205 Å². The summed E-state index contributed by atoms with van der Waals surface area (Å²) in [5, 5.41) is 0. The summed E-state index contributed by atoms with van der Waals surface area (Å²) in [5.74, 6) is 3.25. The smallest absolute Gasteiger partial charge is 0.243 e. The Bertz CT molecular complexity index is 1390. The Hall–Kier alpha value is -3.56. The van der Waals surface area contributed by atoms with Gasteiger partial charge >= 0.3 is 0 Å². The summed E-state index contributed by atoms with van der Waals surface area (Å²) in [6, 6.07) is 19.6. The van der Waals surface area contributed by atoms with Gasteiger partial charge in [-0.15, -0.1) is 0 Å². The van der Waals surface area contributed by atoms with Crippen molar-refractivity contribution < 1.29 is 22.6 Å². The molecule has 9 heteroatoms. The van der Waals surface area contributed by atoms with Crippen LogP contribution in [0.25, 0.3) is 0 Å². The molecule has 0 radical (unpaired) electrons. The monoisotopic (exact) mass is 493 g/mol. The molecule has 0 spiro atoms. The molecule has 5 rings (SSSR count). The van der Waals surface area contributed by atoms with Gasteiger partial charge in [0.1, 0.15) is 28.8 Å². The highest BCUT2D eigenvalue weighted by Crippen LogP contribution is 2.40. The van der Waals surface area contributed by atoms with Crippen molar-refractivity contribution in [2.24, 2.45) is 4.99 Å². The number of rotatable bonds is 4. The van der Waals surface area contributed by atoms with Crippen LogP contribution in [0.2, 0.25) is 0 Å². The molecule has 0 aromatic heterocycles. The van der Waals surface area contributed by atoms with E-state index in [0.29, 0.717) is 42.6 Å². The average Bonchev–Trinajstić information content (AvgIpc) is 3.04. The van der Waals surface area contributed by atoms with E-state index in [4.69, 9.17) is 19.2 Å². The third kappa shape index (κ3) is 4.33. The highest BCUT2D eigenvalue weighted by Gasteiger charge is 2.36. The van der Waals surface area contributed by atoms with Crippen molar-refractivity contribution >= 4 is 21.5 Å². The lowest BCUT2D eigenvalue weighted by molar-refractivity contribution is 0.205. The van der Waals surface area contributed by atoms with Gasteiger partial charge in [-0.05, 0) is 43.3 Å². The van der Waals surface area contributed by atoms with Gasteiger partial charge in [0.15, 0.2) is 5.75 Å². The van der Waals surface area contributed by atoms with Gasteiger partial charge in [-0.3, -0.25) is 0 Å². The van der Waals surface area contributed by atoms with Crippen LogP contribution in [0.4, 0.5) is 5.69 Å². The number of piperazine rings is 1. The first-order valence-electron chi connectivity index (χ1n) is 11.4. The predicted molar refractivity (Wildman–Crippen MR) is 134 cm³/mol. The second-order valence-corrected chi connectivity index (χ2v) is 10.3. The Morgan fingerprint density at radius 1 is 0.914 bits per heavy atom. The zero-order valence-corrected chi connectivity index (χ0v) is 20.7. The molecule has 0 bridgehead atoms. The Balaban J connectivity index is 1.47. The van der Waals surface area contributed by atoms with Gasteiger partial charge in [-0.25, -0.2) is 13.4 Å². The quantitative estimate of drug-likeness (QED) is 0.540.